The molecule has 3 N–H and O–H groups in total. The lowest BCUT2D eigenvalue weighted by molar-refractivity contribution is 0.483. The van der Waals surface area contributed by atoms with Crippen molar-refractivity contribution in [2.75, 3.05) is 5.88 Å². The van der Waals surface area contributed by atoms with E-state index in [1.807, 2.05) is 18.2 Å². The highest BCUT2D eigenvalue weighted by Gasteiger charge is 1.93. The van der Waals surface area contributed by atoms with Crippen molar-refractivity contribution in [1.29, 1.82) is 0 Å². The van der Waals surface area contributed by atoms with E-state index >= 15 is 0 Å². The van der Waals surface area contributed by atoms with Crippen molar-refractivity contribution in [3.63, 3.8) is 0 Å². The predicted octanol–water partition coefficient (Wildman–Crippen LogP) is 0.785. The van der Waals surface area contributed by atoms with Gasteiger partial charge in [0, 0.05) is 0 Å². The molecular weight excluding hydrogens is 190 g/mol. The topological polar surface area (TPSA) is 80.4 Å². The largest absolute Gasteiger partial charge is 0.316 e. The van der Waals surface area contributed by atoms with Crippen molar-refractivity contribution in [3.8, 4) is 0 Å². The van der Waals surface area contributed by atoms with Crippen LogP contribution in [0.3, 0.4) is 0 Å². The summed E-state index contributed by atoms with van der Waals surface area (Å²) in [5, 5.41) is 0. The summed E-state index contributed by atoms with van der Waals surface area (Å²) in [6.07, 6.45) is 0. The standard InChI is InChI=1S/C7H8.CH5NO3S/c1-7-5-3-2-4-6-7;2-1-6(3,4)5/h2-6H,1H3;1-2H2,(H,3,4,5). The van der Waals surface area contributed by atoms with Crippen LogP contribution in [0.5, 0.6) is 0 Å². The molecule has 0 aliphatic carbocycles. The van der Waals surface area contributed by atoms with Crippen LogP contribution < -0.4 is 5.73 Å². The number of hydrogen-bond acceptors (Lipinski definition) is 3. The number of hydrogen-bond donors (Lipinski definition) is 2. The highest BCUT2D eigenvalue weighted by molar-refractivity contribution is 7.85. The van der Waals surface area contributed by atoms with Gasteiger partial charge in [-0.3, -0.25) is 4.55 Å². The Bertz CT molecular complexity index is 321. The van der Waals surface area contributed by atoms with Crippen molar-refractivity contribution in [2.24, 2.45) is 5.73 Å². The fourth-order valence-electron chi connectivity index (χ4n) is 0.534. The Kier molecular flexibility index (Phi) is 5.29. The van der Waals surface area contributed by atoms with E-state index in [2.05, 4.69) is 24.8 Å². The Morgan fingerprint density at radius 2 is 1.69 bits per heavy atom. The molecule has 0 saturated heterocycles. The lowest BCUT2D eigenvalue weighted by atomic mass is 10.2. The third-order valence-corrected chi connectivity index (χ3v) is 1.57. The molecule has 1 aromatic carbocycles. The first kappa shape index (κ1) is 12.1. The third kappa shape index (κ3) is 9.00. The van der Waals surface area contributed by atoms with Crippen molar-refractivity contribution in [3.05, 3.63) is 35.9 Å². The molecule has 1 aromatic rings. The van der Waals surface area contributed by atoms with Gasteiger partial charge in [-0.1, -0.05) is 35.9 Å². The van der Waals surface area contributed by atoms with Crippen LogP contribution in [0.4, 0.5) is 0 Å². The maximum Gasteiger partial charge on any atom is 0.277 e. The van der Waals surface area contributed by atoms with E-state index in [0.29, 0.717) is 0 Å². The van der Waals surface area contributed by atoms with Gasteiger partial charge in [-0.05, 0) is 6.92 Å². The molecule has 74 valence electrons. The first-order chi connectivity index (χ1) is 5.95. The second kappa shape index (κ2) is 5.69. The van der Waals surface area contributed by atoms with E-state index in [4.69, 9.17) is 4.55 Å². The first-order valence-corrected chi connectivity index (χ1v) is 5.23. The third-order valence-electron chi connectivity index (χ3n) is 1.15. The SMILES string of the molecule is Cc1ccccc1.NCS(=O)(=O)O. The maximum atomic E-state index is 9.43. The molecule has 0 aliphatic heterocycles. The Morgan fingerprint density at radius 1 is 1.31 bits per heavy atom. The van der Waals surface area contributed by atoms with Gasteiger partial charge in [0.1, 0.15) is 5.88 Å². The fraction of sp³-hybridized carbons (Fsp3) is 0.250. The van der Waals surface area contributed by atoms with Crippen molar-refractivity contribution in [2.45, 2.75) is 6.92 Å². The van der Waals surface area contributed by atoms with Gasteiger partial charge in [0.05, 0.1) is 0 Å². The van der Waals surface area contributed by atoms with E-state index < -0.39 is 16.0 Å². The van der Waals surface area contributed by atoms with Crippen molar-refractivity contribution < 1.29 is 13.0 Å². The quantitative estimate of drug-likeness (QED) is 0.661. The van der Waals surface area contributed by atoms with Gasteiger partial charge in [-0.15, -0.1) is 0 Å². The predicted molar refractivity (Wildman–Crippen MR) is 51.8 cm³/mol. The summed E-state index contributed by atoms with van der Waals surface area (Å²) in [6.45, 7) is 2.08. The summed E-state index contributed by atoms with van der Waals surface area (Å²) in [5.74, 6) is -0.701. The average molecular weight is 203 g/mol. The van der Waals surface area contributed by atoms with Crippen LogP contribution in [-0.4, -0.2) is 18.8 Å². The molecular formula is C8H13NO3S. The van der Waals surface area contributed by atoms with Crippen LogP contribution in [0.1, 0.15) is 5.56 Å². The Labute approximate surface area is 78.1 Å². The molecule has 0 aliphatic rings. The van der Waals surface area contributed by atoms with Crippen LogP contribution in [0, 0.1) is 6.92 Å². The molecule has 4 nitrogen and oxygen atoms in total. The minimum atomic E-state index is -3.88. The summed E-state index contributed by atoms with van der Waals surface area (Å²) in [4.78, 5) is 0. The molecule has 0 saturated carbocycles. The number of aryl methyl sites for hydroxylation is 1. The van der Waals surface area contributed by atoms with Crippen LogP contribution in [0.15, 0.2) is 30.3 Å². The Balaban J connectivity index is 0.000000226. The van der Waals surface area contributed by atoms with Crippen molar-refractivity contribution in [1.82, 2.24) is 0 Å². The normalized spacial score (nSPS) is 10.1. The molecule has 13 heavy (non-hydrogen) atoms. The van der Waals surface area contributed by atoms with Gasteiger partial charge in [-0.25, -0.2) is 0 Å². The molecule has 0 heterocycles. The van der Waals surface area contributed by atoms with Crippen LogP contribution >= 0.6 is 0 Å². The Morgan fingerprint density at radius 3 is 1.85 bits per heavy atom. The highest BCUT2D eigenvalue weighted by Crippen LogP contribution is 1.92. The molecule has 0 radical (unpaired) electrons. The smallest absolute Gasteiger partial charge is 0.277 e. The van der Waals surface area contributed by atoms with E-state index in [9.17, 15) is 8.42 Å². The number of nitrogens with two attached hydrogens (primary N) is 1. The van der Waals surface area contributed by atoms with E-state index in [1.165, 1.54) is 5.56 Å². The zero-order valence-corrected chi connectivity index (χ0v) is 8.16. The minimum absolute atomic E-state index is 0.701. The highest BCUT2D eigenvalue weighted by atomic mass is 32.2. The second-order valence-electron chi connectivity index (χ2n) is 2.40. The summed E-state index contributed by atoms with van der Waals surface area (Å²) in [5.41, 5.74) is 5.79. The fourth-order valence-corrected chi connectivity index (χ4v) is 0.534. The van der Waals surface area contributed by atoms with Gasteiger partial charge in [0.25, 0.3) is 10.1 Å². The van der Waals surface area contributed by atoms with E-state index in [-0.39, 0.29) is 0 Å². The molecule has 0 spiro atoms. The van der Waals surface area contributed by atoms with Crippen LogP contribution in [0.2, 0.25) is 0 Å². The lowest BCUT2D eigenvalue weighted by Gasteiger charge is -1.82. The van der Waals surface area contributed by atoms with Gasteiger partial charge in [-0.2, -0.15) is 8.42 Å². The van der Waals surface area contributed by atoms with E-state index in [0.717, 1.165) is 0 Å². The number of rotatable bonds is 1. The van der Waals surface area contributed by atoms with Gasteiger partial charge < -0.3 is 5.73 Å². The van der Waals surface area contributed by atoms with Crippen LogP contribution in [0.25, 0.3) is 0 Å². The Hall–Kier alpha value is -0.910. The molecule has 1 rings (SSSR count). The summed E-state index contributed by atoms with van der Waals surface area (Å²) >= 11 is 0. The zero-order chi connectivity index (χ0) is 10.3. The second-order valence-corrected chi connectivity index (χ2v) is 3.90. The molecule has 0 amide bonds. The summed E-state index contributed by atoms with van der Waals surface area (Å²) < 4.78 is 26.5. The summed E-state index contributed by atoms with van der Waals surface area (Å²) in [7, 11) is -3.88. The molecule has 0 aromatic heterocycles. The summed E-state index contributed by atoms with van der Waals surface area (Å²) in [6, 6.07) is 10.3. The monoisotopic (exact) mass is 203 g/mol. The van der Waals surface area contributed by atoms with Gasteiger partial charge in [0.15, 0.2) is 0 Å². The van der Waals surface area contributed by atoms with Gasteiger partial charge >= 0.3 is 0 Å². The zero-order valence-electron chi connectivity index (χ0n) is 7.34. The number of benzene rings is 1. The minimum Gasteiger partial charge on any atom is -0.316 e. The molecule has 0 atom stereocenters. The van der Waals surface area contributed by atoms with Crippen LogP contribution in [-0.2, 0) is 10.1 Å². The lowest BCUT2D eigenvalue weighted by Crippen LogP contribution is -2.11. The van der Waals surface area contributed by atoms with Crippen molar-refractivity contribution >= 4 is 10.1 Å². The maximum absolute atomic E-state index is 9.43. The van der Waals surface area contributed by atoms with Gasteiger partial charge in [0.2, 0.25) is 0 Å². The first-order valence-electron chi connectivity index (χ1n) is 3.62. The molecule has 0 bridgehead atoms. The molecule has 5 heteroatoms. The molecule has 0 fully saturated rings. The van der Waals surface area contributed by atoms with E-state index in [1.54, 1.807) is 0 Å². The average Bonchev–Trinajstić information content (AvgIpc) is 2.06. The molecule has 0 unspecified atom stereocenters.